The zero-order valence-electron chi connectivity index (χ0n) is 11.2. The molecule has 3 saturated heterocycles. The third-order valence-corrected chi connectivity index (χ3v) is 5.99. The summed E-state index contributed by atoms with van der Waals surface area (Å²) in [7, 11) is 0. The minimum absolute atomic E-state index is 0.143. The van der Waals surface area contributed by atoms with Crippen LogP contribution in [0.5, 0.6) is 0 Å². The number of benzene rings is 1. The van der Waals surface area contributed by atoms with Crippen molar-refractivity contribution in [2.45, 2.75) is 49.5 Å². The number of anilines is 1. The molecule has 4 fully saturated rings. The van der Waals surface area contributed by atoms with Gasteiger partial charge in [-0.3, -0.25) is 0 Å². The Bertz CT molecular complexity index is 559. The SMILES string of the molecule is CC1OC2CCC1[C@]13CCO[C@]21Nc1ccccc13. The predicted octanol–water partition coefficient (Wildman–Crippen LogP) is 2.66. The Morgan fingerprint density at radius 1 is 1.26 bits per heavy atom. The van der Waals surface area contributed by atoms with Crippen LogP contribution in [0.2, 0.25) is 0 Å². The van der Waals surface area contributed by atoms with E-state index in [2.05, 4.69) is 36.5 Å². The third-order valence-electron chi connectivity index (χ3n) is 5.99. The van der Waals surface area contributed by atoms with E-state index in [4.69, 9.17) is 9.47 Å². The average molecular weight is 257 g/mol. The summed E-state index contributed by atoms with van der Waals surface area (Å²) >= 11 is 0. The molecule has 2 bridgehead atoms. The quantitative estimate of drug-likeness (QED) is 0.775. The molecule has 0 spiro atoms. The molecule has 0 radical (unpaired) electrons. The van der Waals surface area contributed by atoms with Gasteiger partial charge in [-0.25, -0.2) is 0 Å². The molecule has 1 aliphatic carbocycles. The van der Waals surface area contributed by atoms with Crippen LogP contribution in [-0.4, -0.2) is 24.5 Å². The molecule has 4 heterocycles. The number of hydrogen-bond donors (Lipinski definition) is 1. The molecule has 6 rings (SSSR count). The lowest BCUT2D eigenvalue weighted by Gasteiger charge is -2.59. The van der Waals surface area contributed by atoms with Gasteiger partial charge in [0.1, 0.15) is 6.10 Å². The number of fused-ring (bicyclic) bond motifs is 3. The summed E-state index contributed by atoms with van der Waals surface area (Å²) in [6.07, 6.45) is 4.07. The summed E-state index contributed by atoms with van der Waals surface area (Å²) in [5.74, 6) is 0.580. The van der Waals surface area contributed by atoms with Crippen molar-refractivity contribution in [2.75, 3.05) is 11.9 Å². The Morgan fingerprint density at radius 2 is 2.16 bits per heavy atom. The van der Waals surface area contributed by atoms with Crippen LogP contribution in [0, 0.1) is 5.92 Å². The van der Waals surface area contributed by atoms with Gasteiger partial charge in [-0.1, -0.05) is 18.2 Å². The van der Waals surface area contributed by atoms with Crippen molar-refractivity contribution < 1.29 is 9.47 Å². The molecule has 3 heteroatoms. The van der Waals surface area contributed by atoms with Crippen molar-refractivity contribution in [3.63, 3.8) is 0 Å². The molecule has 4 aliphatic heterocycles. The van der Waals surface area contributed by atoms with Crippen LogP contribution in [0.3, 0.4) is 0 Å². The maximum atomic E-state index is 6.29. The zero-order valence-corrected chi connectivity index (χ0v) is 11.2. The number of ether oxygens (including phenoxy) is 2. The molecule has 3 nitrogen and oxygen atoms in total. The number of para-hydroxylation sites is 1. The fourth-order valence-electron chi connectivity index (χ4n) is 5.41. The molecular formula is C16H19NO2. The summed E-state index contributed by atoms with van der Waals surface area (Å²) in [6, 6.07) is 8.76. The zero-order chi connectivity index (χ0) is 12.7. The molecule has 1 saturated carbocycles. The summed E-state index contributed by atoms with van der Waals surface area (Å²) in [5, 5.41) is 3.71. The van der Waals surface area contributed by atoms with Crippen LogP contribution in [0.1, 0.15) is 31.7 Å². The van der Waals surface area contributed by atoms with E-state index in [-0.39, 0.29) is 17.2 Å². The van der Waals surface area contributed by atoms with Gasteiger partial charge in [0.2, 0.25) is 0 Å². The van der Waals surface area contributed by atoms with Crippen LogP contribution in [-0.2, 0) is 14.9 Å². The van der Waals surface area contributed by atoms with Crippen LogP contribution >= 0.6 is 0 Å². The van der Waals surface area contributed by atoms with Crippen molar-refractivity contribution in [1.82, 2.24) is 0 Å². The molecule has 1 aromatic rings. The van der Waals surface area contributed by atoms with Crippen LogP contribution in [0.15, 0.2) is 24.3 Å². The molecule has 3 unspecified atom stereocenters. The monoisotopic (exact) mass is 257 g/mol. The van der Waals surface area contributed by atoms with E-state index in [1.54, 1.807) is 0 Å². The minimum atomic E-state index is -0.286. The first kappa shape index (κ1) is 10.7. The summed E-state index contributed by atoms with van der Waals surface area (Å²) in [6.45, 7) is 3.10. The third kappa shape index (κ3) is 0.954. The molecule has 1 aromatic carbocycles. The smallest absolute Gasteiger partial charge is 0.175 e. The standard InChI is InChI=1S/C16H19NO2/c1-10-11-6-7-14(19-10)16-15(11,8-9-18-16)12-4-2-3-5-13(12)17-16/h2-5,10-11,14,17H,6-9H2,1H3/t10?,11?,14?,15-,16+/m0/s1. The lowest BCUT2D eigenvalue weighted by Crippen LogP contribution is -2.70. The summed E-state index contributed by atoms with van der Waals surface area (Å²) < 4.78 is 12.5. The highest BCUT2D eigenvalue weighted by Gasteiger charge is 2.74. The second-order valence-electron chi connectivity index (χ2n) is 6.49. The number of nitrogens with one attached hydrogen (secondary N) is 1. The second kappa shape index (κ2) is 3.15. The van der Waals surface area contributed by atoms with Crippen molar-refractivity contribution in [2.24, 2.45) is 5.92 Å². The summed E-state index contributed by atoms with van der Waals surface area (Å²) in [4.78, 5) is 0. The van der Waals surface area contributed by atoms with Crippen molar-refractivity contribution >= 4 is 5.69 Å². The van der Waals surface area contributed by atoms with E-state index in [9.17, 15) is 0 Å². The maximum absolute atomic E-state index is 6.29. The van der Waals surface area contributed by atoms with Crippen molar-refractivity contribution in [3.8, 4) is 0 Å². The van der Waals surface area contributed by atoms with E-state index >= 15 is 0 Å². The highest BCUT2D eigenvalue weighted by Crippen LogP contribution is 2.66. The van der Waals surface area contributed by atoms with Crippen molar-refractivity contribution in [3.05, 3.63) is 29.8 Å². The van der Waals surface area contributed by atoms with Gasteiger partial charge < -0.3 is 14.8 Å². The topological polar surface area (TPSA) is 30.5 Å². The molecule has 5 aliphatic rings. The normalized spacial score (nSPS) is 49.4. The molecule has 100 valence electrons. The Balaban J connectivity index is 1.81. The van der Waals surface area contributed by atoms with Crippen molar-refractivity contribution in [1.29, 1.82) is 0 Å². The van der Waals surface area contributed by atoms with E-state index in [0.29, 0.717) is 12.0 Å². The molecule has 0 aromatic heterocycles. The van der Waals surface area contributed by atoms with Gasteiger partial charge in [0.05, 0.1) is 18.1 Å². The highest BCUT2D eigenvalue weighted by molar-refractivity contribution is 5.66. The molecule has 19 heavy (non-hydrogen) atoms. The predicted molar refractivity (Wildman–Crippen MR) is 72.1 cm³/mol. The maximum Gasteiger partial charge on any atom is 0.175 e. The minimum Gasteiger partial charge on any atom is -0.370 e. The lowest BCUT2D eigenvalue weighted by atomic mass is 9.55. The van der Waals surface area contributed by atoms with Crippen LogP contribution in [0.25, 0.3) is 0 Å². The highest BCUT2D eigenvalue weighted by atomic mass is 16.6. The van der Waals surface area contributed by atoms with Gasteiger partial charge in [0.25, 0.3) is 0 Å². The van der Waals surface area contributed by atoms with Crippen LogP contribution < -0.4 is 5.32 Å². The largest absolute Gasteiger partial charge is 0.370 e. The van der Waals surface area contributed by atoms with Gasteiger partial charge >= 0.3 is 0 Å². The van der Waals surface area contributed by atoms with E-state index in [0.717, 1.165) is 19.4 Å². The second-order valence-corrected chi connectivity index (χ2v) is 6.49. The first-order valence-corrected chi connectivity index (χ1v) is 7.45. The first-order chi connectivity index (χ1) is 9.28. The van der Waals surface area contributed by atoms with E-state index < -0.39 is 0 Å². The van der Waals surface area contributed by atoms with Gasteiger partial charge in [-0.15, -0.1) is 0 Å². The van der Waals surface area contributed by atoms with Crippen LogP contribution in [0.4, 0.5) is 5.69 Å². The first-order valence-electron chi connectivity index (χ1n) is 7.45. The molecule has 0 amide bonds. The fourth-order valence-corrected chi connectivity index (χ4v) is 5.41. The van der Waals surface area contributed by atoms with Gasteiger partial charge in [0.15, 0.2) is 5.72 Å². The average Bonchev–Trinajstić information content (AvgIpc) is 2.94. The Morgan fingerprint density at radius 3 is 3.05 bits per heavy atom. The lowest BCUT2D eigenvalue weighted by molar-refractivity contribution is -0.241. The van der Waals surface area contributed by atoms with Gasteiger partial charge in [0, 0.05) is 5.69 Å². The number of rotatable bonds is 0. The molecular weight excluding hydrogens is 238 g/mol. The van der Waals surface area contributed by atoms with E-state index in [1.165, 1.54) is 17.7 Å². The Labute approximate surface area is 113 Å². The van der Waals surface area contributed by atoms with Gasteiger partial charge in [-0.05, 0) is 43.7 Å². The number of hydrogen-bond acceptors (Lipinski definition) is 3. The Hall–Kier alpha value is -1.06. The van der Waals surface area contributed by atoms with E-state index in [1.807, 2.05) is 0 Å². The Kier molecular flexibility index (Phi) is 1.78. The molecule has 1 N–H and O–H groups in total. The molecule has 5 atom stereocenters. The van der Waals surface area contributed by atoms with Gasteiger partial charge in [-0.2, -0.15) is 0 Å². The fraction of sp³-hybridized carbons (Fsp3) is 0.625. The summed E-state index contributed by atoms with van der Waals surface area (Å²) in [5.41, 5.74) is 2.59.